The zero-order valence-electron chi connectivity index (χ0n) is 14.5. The number of ether oxygens (including phenoxy) is 1. The molecule has 0 aromatic heterocycles. The van der Waals surface area contributed by atoms with Gasteiger partial charge in [-0.2, -0.15) is 0 Å². The van der Waals surface area contributed by atoms with E-state index >= 15 is 0 Å². The highest BCUT2D eigenvalue weighted by Gasteiger charge is 2.02. The molecule has 0 heterocycles. The van der Waals surface area contributed by atoms with Gasteiger partial charge in [0.25, 0.3) is 0 Å². The highest BCUT2D eigenvalue weighted by atomic mass is 32.1. The smallest absolute Gasteiger partial charge is 0.170 e. The van der Waals surface area contributed by atoms with Crippen molar-refractivity contribution in [2.75, 3.05) is 18.5 Å². The molecule has 0 spiro atoms. The Bertz CT molecular complexity index is 892. The molecule has 0 atom stereocenters. The molecule has 0 unspecified atom stereocenters. The minimum atomic E-state index is 0.549. The topological polar surface area (TPSA) is 33.3 Å². The molecular formula is C21H22N2OS. The van der Waals surface area contributed by atoms with Gasteiger partial charge in [-0.1, -0.05) is 42.5 Å². The van der Waals surface area contributed by atoms with Gasteiger partial charge >= 0.3 is 0 Å². The minimum Gasteiger partial charge on any atom is -0.492 e. The Kier molecular flexibility index (Phi) is 5.51. The highest BCUT2D eigenvalue weighted by molar-refractivity contribution is 7.80. The first-order chi connectivity index (χ1) is 12.1. The van der Waals surface area contributed by atoms with Crippen molar-refractivity contribution in [2.24, 2.45) is 0 Å². The first-order valence-electron chi connectivity index (χ1n) is 8.35. The molecule has 3 aromatic rings. The molecule has 3 nitrogen and oxygen atoms in total. The Hall–Kier alpha value is -2.59. The minimum absolute atomic E-state index is 0.549. The second-order valence-electron chi connectivity index (χ2n) is 6.06. The summed E-state index contributed by atoms with van der Waals surface area (Å²) in [6.07, 6.45) is 0. The predicted molar refractivity (Wildman–Crippen MR) is 110 cm³/mol. The van der Waals surface area contributed by atoms with Crippen LogP contribution in [-0.4, -0.2) is 18.3 Å². The summed E-state index contributed by atoms with van der Waals surface area (Å²) in [6, 6.07) is 20.7. The van der Waals surface area contributed by atoms with E-state index in [4.69, 9.17) is 17.0 Å². The van der Waals surface area contributed by atoms with E-state index in [1.807, 2.05) is 18.2 Å². The van der Waals surface area contributed by atoms with Gasteiger partial charge in [-0.3, -0.25) is 0 Å². The third-order valence-electron chi connectivity index (χ3n) is 4.02. The summed E-state index contributed by atoms with van der Waals surface area (Å²) in [6.45, 7) is 5.32. The van der Waals surface area contributed by atoms with Crippen molar-refractivity contribution in [2.45, 2.75) is 13.8 Å². The number of aryl methyl sites for hydroxylation is 2. The molecule has 0 saturated heterocycles. The summed E-state index contributed by atoms with van der Waals surface area (Å²) in [7, 11) is 0. The maximum Gasteiger partial charge on any atom is 0.170 e. The molecule has 0 aliphatic heterocycles. The van der Waals surface area contributed by atoms with Gasteiger partial charge in [0, 0.05) is 5.69 Å². The van der Waals surface area contributed by atoms with E-state index in [2.05, 4.69) is 66.9 Å². The molecular weight excluding hydrogens is 328 g/mol. The van der Waals surface area contributed by atoms with Crippen molar-refractivity contribution in [3.63, 3.8) is 0 Å². The molecule has 0 aliphatic rings. The number of nitrogens with one attached hydrogen (secondary N) is 2. The zero-order chi connectivity index (χ0) is 17.6. The van der Waals surface area contributed by atoms with Crippen LogP contribution in [0.15, 0.2) is 60.7 Å². The number of benzene rings is 3. The Morgan fingerprint density at radius 1 is 0.960 bits per heavy atom. The van der Waals surface area contributed by atoms with E-state index in [1.165, 1.54) is 21.9 Å². The summed E-state index contributed by atoms with van der Waals surface area (Å²) in [4.78, 5) is 0. The first-order valence-corrected chi connectivity index (χ1v) is 8.76. The highest BCUT2D eigenvalue weighted by Crippen LogP contribution is 2.20. The standard InChI is InChI=1S/C21H22N2OS/c1-15-7-8-16(2)20(13-15)23-21(25)22-11-12-24-19-10-9-17-5-3-4-6-18(17)14-19/h3-10,13-14H,11-12H2,1-2H3,(H2,22,23,25). The van der Waals surface area contributed by atoms with E-state index in [9.17, 15) is 0 Å². The lowest BCUT2D eigenvalue weighted by molar-refractivity contribution is 0.323. The summed E-state index contributed by atoms with van der Waals surface area (Å²) in [5.41, 5.74) is 3.41. The Morgan fingerprint density at radius 3 is 2.60 bits per heavy atom. The number of rotatable bonds is 5. The summed E-state index contributed by atoms with van der Waals surface area (Å²) in [5.74, 6) is 0.869. The van der Waals surface area contributed by atoms with Crippen molar-refractivity contribution in [3.05, 3.63) is 71.8 Å². The van der Waals surface area contributed by atoms with Gasteiger partial charge in [0.05, 0.1) is 6.54 Å². The number of fused-ring (bicyclic) bond motifs is 1. The van der Waals surface area contributed by atoms with E-state index in [0.29, 0.717) is 18.3 Å². The van der Waals surface area contributed by atoms with Crippen molar-refractivity contribution in [1.82, 2.24) is 5.32 Å². The van der Waals surface area contributed by atoms with Crippen LogP contribution in [0.25, 0.3) is 10.8 Å². The summed E-state index contributed by atoms with van der Waals surface area (Å²) < 4.78 is 5.81. The van der Waals surface area contributed by atoms with Crippen LogP contribution in [0.3, 0.4) is 0 Å². The zero-order valence-corrected chi connectivity index (χ0v) is 15.3. The molecule has 3 aromatic carbocycles. The van der Waals surface area contributed by atoms with E-state index < -0.39 is 0 Å². The maximum absolute atomic E-state index is 5.81. The lowest BCUT2D eigenvalue weighted by Gasteiger charge is -2.13. The number of hydrogen-bond acceptors (Lipinski definition) is 2. The first kappa shape index (κ1) is 17.2. The number of anilines is 1. The van der Waals surface area contributed by atoms with Gasteiger partial charge in [-0.25, -0.2) is 0 Å². The number of thiocarbonyl (C=S) groups is 1. The van der Waals surface area contributed by atoms with Crippen molar-refractivity contribution >= 4 is 33.8 Å². The van der Waals surface area contributed by atoms with E-state index in [-0.39, 0.29) is 0 Å². The Morgan fingerprint density at radius 2 is 1.76 bits per heavy atom. The van der Waals surface area contributed by atoms with Crippen LogP contribution in [-0.2, 0) is 0 Å². The monoisotopic (exact) mass is 350 g/mol. The molecule has 0 fully saturated rings. The third kappa shape index (κ3) is 4.70. The lowest BCUT2D eigenvalue weighted by atomic mass is 10.1. The van der Waals surface area contributed by atoms with E-state index in [1.54, 1.807) is 0 Å². The van der Waals surface area contributed by atoms with Crippen molar-refractivity contribution in [1.29, 1.82) is 0 Å². The van der Waals surface area contributed by atoms with Gasteiger partial charge in [0.15, 0.2) is 5.11 Å². The normalized spacial score (nSPS) is 10.5. The van der Waals surface area contributed by atoms with Gasteiger partial charge in [0.1, 0.15) is 12.4 Å². The fourth-order valence-corrected chi connectivity index (χ4v) is 2.84. The molecule has 3 rings (SSSR count). The van der Waals surface area contributed by atoms with Crippen LogP contribution < -0.4 is 15.4 Å². The van der Waals surface area contributed by atoms with Gasteiger partial charge in [-0.05, 0) is 66.2 Å². The molecule has 2 N–H and O–H groups in total. The lowest BCUT2D eigenvalue weighted by Crippen LogP contribution is -2.32. The van der Waals surface area contributed by atoms with Crippen LogP contribution in [0.5, 0.6) is 5.75 Å². The number of hydrogen-bond donors (Lipinski definition) is 2. The second-order valence-corrected chi connectivity index (χ2v) is 6.46. The fraction of sp³-hybridized carbons (Fsp3) is 0.190. The fourth-order valence-electron chi connectivity index (χ4n) is 2.63. The quantitative estimate of drug-likeness (QED) is 0.510. The molecule has 128 valence electrons. The average molecular weight is 350 g/mol. The van der Waals surface area contributed by atoms with Crippen molar-refractivity contribution in [3.8, 4) is 5.75 Å². The molecule has 0 bridgehead atoms. The summed E-state index contributed by atoms with van der Waals surface area (Å²) in [5, 5.41) is 9.42. The van der Waals surface area contributed by atoms with Gasteiger partial charge < -0.3 is 15.4 Å². The summed E-state index contributed by atoms with van der Waals surface area (Å²) >= 11 is 5.35. The second kappa shape index (κ2) is 7.99. The SMILES string of the molecule is Cc1ccc(C)c(NC(=S)NCCOc2ccc3ccccc3c2)c1. The molecule has 4 heteroatoms. The molecule has 25 heavy (non-hydrogen) atoms. The maximum atomic E-state index is 5.81. The Labute approximate surface area is 154 Å². The van der Waals surface area contributed by atoms with Crippen LogP contribution in [0.4, 0.5) is 5.69 Å². The molecule has 0 aliphatic carbocycles. The molecule has 0 radical (unpaired) electrons. The van der Waals surface area contributed by atoms with Crippen LogP contribution in [0, 0.1) is 13.8 Å². The third-order valence-corrected chi connectivity index (χ3v) is 4.26. The van der Waals surface area contributed by atoms with Gasteiger partial charge in [0.2, 0.25) is 0 Å². The van der Waals surface area contributed by atoms with Gasteiger partial charge in [-0.15, -0.1) is 0 Å². The molecule has 0 amide bonds. The van der Waals surface area contributed by atoms with E-state index in [0.717, 1.165) is 11.4 Å². The van der Waals surface area contributed by atoms with Crippen molar-refractivity contribution < 1.29 is 4.74 Å². The Balaban J connectivity index is 1.47. The predicted octanol–water partition coefficient (Wildman–Crippen LogP) is 4.82. The molecule has 0 saturated carbocycles. The van der Waals surface area contributed by atoms with Crippen LogP contribution in [0.1, 0.15) is 11.1 Å². The van der Waals surface area contributed by atoms with Crippen LogP contribution >= 0.6 is 12.2 Å². The largest absolute Gasteiger partial charge is 0.492 e. The average Bonchev–Trinajstić information content (AvgIpc) is 2.62. The van der Waals surface area contributed by atoms with Crippen LogP contribution in [0.2, 0.25) is 0 Å².